The molecule has 0 aliphatic rings. The molecule has 2 rings (SSSR count). The van der Waals surface area contributed by atoms with Crippen molar-refractivity contribution in [1.29, 1.82) is 0 Å². The van der Waals surface area contributed by atoms with E-state index < -0.39 is 0 Å². The van der Waals surface area contributed by atoms with Gasteiger partial charge in [-0.1, -0.05) is 18.2 Å². The molecule has 4 nitrogen and oxygen atoms in total. The lowest BCUT2D eigenvalue weighted by Crippen LogP contribution is -2.28. The van der Waals surface area contributed by atoms with E-state index in [1.165, 1.54) is 17.0 Å². The third-order valence-electron chi connectivity index (χ3n) is 3.78. The molecule has 0 bridgehead atoms. The Morgan fingerprint density at radius 2 is 1.83 bits per heavy atom. The van der Waals surface area contributed by atoms with E-state index in [-0.39, 0.29) is 24.5 Å². The standard InChI is InChI=1S/C19H24N2O2S/c1-15-9-11-18(24-15)17(22)10-12-19(23)20-13-6-14-21(2)16-7-4-3-5-8-16/h3-5,7-9,11H,6,10,12-14H2,1-2H3,(H,20,23). The fourth-order valence-corrected chi connectivity index (χ4v) is 3.21. The summed E-state index contributed by atoms with van der Waals surface area (Å²) in [5.41, 5.74) is 1.17. The van der Waals surface area contributed by atoms with Crippen LogP contribution in [-0.2, 0) is 4.79 Å². The summed E-state index contributed by atoms with van der Waals surface area (Å²) in [7, 11) is 2.04. The van der Waals surface area contributed by atoms with Crippen LogP contribution in [0.25, 0.3) is 0 Å². The van der Waals surface area contributed by atoms with Crippen LogP contribution in [0.15, 0.2) is 42.5 Å². The fraction of sp³-hybridized carbons (Fsp3) is 0.368. The van der Waals surface area contributed by atoms with Crippen LogP contribution in [0.2, 0.25) is 0 Å². The average Bonchev–Trinajstić information content (AvgIpc) is 3.03. The number of hydrogen-bond donors (Lipinski definition) is 1. The van der Waals surface area contributed by atoms with Crippen molar-refractivity contribution in [3.63, 3.8) is 0 Å². The van der Waals surface area contributed by atoms with Gasteiger partial charge in [0.25, 0.3) is 0 Å². The Morgan fingerprint density at radius 1 is 1.08 bits per heavy atom. The SMILES string of the molecule is Cc1ccc(C(=O)CCC(=O)NCCCN(C)c2ccccc2)s1. The quantitative estimate of drug-likeness (QED) is 0.558. The van der Waals surface area contributed by atoms with Crippen LogP contribution in [0.3, 0.4) is 0 Å². The summed E-state index contributed by atoms with van der Waals surface area (Å²) in [6, 6.07) is 13.9. The number of aryl methyl sites for hydroxylation is 1. The van der Waals surface area contributed by atoms with Crippen LogP contribution in [0.1, 0.15) is 33.8 Å². The number of benzene rings is 1. The number of rotatable bonds is 9. The predicted molar refractivity (Wildman–Crippen MR) is 100.0 cm³/mol. The summed E-state index contributed by atoms with van der Waals surface area (Å²) in [6.07, 6.45) is 1.40. The number of ketones is 1. The summed E-state index contributed by atoms with van der Waals surface area (Å²) in [4.78, 5) is 27.8. The zero-order valence-corrected chi connectivity index (χ0v) is 15.1. The maximum atomic E-state index is 12.0. The van der Waals surface area contributed by atoms with E-state index in [9.17, 15) is 9.59 Å². The van der Waals surface area contributed by atoms with Crippen molar-refractivity contribution in [2.24, 2.45) is 0 Å². The molecule has 0 fully saturated rings. The molecule has 24 heavy (non-hydrogen) atoms. The van der Waals surface area contributed by atoms with Crippen LogP contribution in [0, 0.1) is 6.92 Å². The molecule has 1 amide bonds. The second-order valence-electron chi connectivity index (χ2n) is 5.79. The first-order valence-electron chi connectivity index (χ1n) is 8.19. The minimum absolute atomic E-state index is 0.0482. The first kappa shape index (κ1) is 18.2. The van der Waals surface area contributed by atoms with Gasteiger partial charge in [-0.2, -0.15) is 0 Å². The smallest absolute Gasteiger partial charge is 0.220 e. The van der Waals surface area contributed by atoms with Gasteiger partial charge < -0.3 is 10.2 Å². The van der Waals surface area contributed by atoms with Crippen molar-refractivity contribution in [1.82, 2.24) is 5.32 Å². The van der Waals surface area contributed by atoms with Gasteiger partial charge in [0.05, 0.1) is 4.88 Å². The van der Waals surface area contributed by atoms with Crippen molar-refractivity contribution < 1.29 is 9.59 Å². The van der Waals surface area contributed by atoms with E-state index in [4.69, 9.17) is 0 Å². The van der Waals surface area contributed by atoms with E-state index in [2.05, 4.69) is 22.3 Å². The first-order valence-corrected chi connectivity index (χ1v) is 9.00. The molecule has 1 aromatic carbocycles. The Morgan fingerprint density at radius 3 is 2.50 bits per heavy atom. The molecule has 1 aromatic heterocycles. The topological polar surface area (TPSA) is 49.4 Å². The minimum Gasteiger partial charge on any atom is -0.375 e. The van der Waals surface area contributed by atoms with Crippen LogP contribution >= 0.6 is 11.3 Å². The van der Waals surface area contributed by atoms with E-state index in [0.29, 0.717) is 6.54 Å². The van der Waals surface area contributed by atoms with Crippen molar-refractivity contribution in [2.75, 3.05) is 25.0 Å². The van der Waals surface area contributed by atoms with Crippen molar-refractivity contribution in [3.05, 3.63) is 52.2 Å². The third kappa shape index (κ3) is 5.81. The second kappa shape index (κ2) is 9.23. The summed E-state index contributed by atoms with van der Waals surface area (Å²) in [6.45, 7) is 3.47. The number of carbonyl (C=O) groups excluding carboxylic acids is 2. The Hall–Kier alpha value is -2.14. The molecule has 0 spiro atoms. The van der Waals surface area contributed by atoms with Crippen LogP contribution < -0.4 is 10.2 Å². The molecule has 0 saturated carbocycles. The lowest BCUT2D eigenvalue weighted by Gasteiger charge is -2.19. The third-order valence-corrected chi connectivity index (χ3v) is 4.83. The van der Waals surface area contributed by atoms with E-state index in [1.54, 1.807) is 0 Å². The maximum absolute atomic E-state index is 12.0. The normalized spacial score (nSPS) is 10.4. The lowest BCUT2D eigenvalue weighted by atomic mass is 10.2. The Kier molecular flexibility index (Phi) is 7.00. The van der Waals surface area contributed by atoms with Crippen molar-refractivity contribution in [3.8, 4) is 0 Å². The minimum atomic E-state index is -0.0565. The van der Waals surface area contributed by atoms with Crippen LogP contribution in [-0.4, -0.2) is 31.8 Å². The number of amides is 1. The molecule has 0 atom stereocenters. The number of hydrogen-bond acceptors (Lipinski definition) is 4. The highest BCUT2D eigenvalue weighted by molar-refractivity contribution is 7.14. The largest absolute Gasteiger partial charge is 0.375 e. The molecule has 5 heteroatoms. The maximum Gasteiger partial charge on any atom is 0.220 e. The van der Waals surface area contributed by atoms with Crippen molar-refractivity contribution >= 4 is 28.7 Å². The first-order chi connectivity index (χ1) is 11.6. The molecule has 0 saturated heterocycles. The van der Waals surface area contributed by atoms with Gasteiger partial charge in [0.1, 0.15) is 0 Å². The number of para-hydroxylation sites is 1. The van der Waals surface area contributed by atoms with Crippen molar-refractivity contribution in [2.45, 2.75) is 26.2 Å². The summed E-state index contributed by atoms with van der Waals surface area (Å²) >= 11 is 1.48. The second-order valence-corrected chi connectivity index (χ2v) is 7.08. The molecule has 2 aromatic rings. The molecule has 0 aliphatic heterocycles. The average molecular weight is 344 g/mol. The van der Waals surface area contributed by atoms with Gasteiger partial charge in [-0.15, -0.1) is 11.3 Å². The van der Waals surface area contributed by atoms with E-state index in [0.717, 1.165) is 22.7 Å². The molecular weight excluding hydrogens is 320 g/mol. The van der Waals surface area contributed by atoms with Crippen LogP contribution in [0.4, 0.5) is 5.69 Å². The molecule has 1 N–H and O–H groups in total. The number of nitrogens with zero attached hydrogens (tertiary/aromatic N) is 1. The molecule has 1 heterocycles. The number of anilines is 1. The highest BCUT2D eigenvalue weighted by Crippen LogP contribution is 2.17. The highest BCUT2D eigenvalue weighted by atomic mass is 32.1. The molecule has 128 valence electrons. The Balaban J connectivity index is 1.60. The molecule has 0 aliphatic carbocycles. The molecule has 0 unspecified atom stereocenters. The molecular formula is C19H24N2O2S. The summed E-state index contributed by atoms with van der Waals surface area (Å²) < 4.78 is 0. The predicted octanol–water partition coefficient (Wildman–Crippen LogP) is 3.66. The summed E-state index contributed by atoms with van der Waals surface area (Å²) in [5, 5.41) is 2.89. The molecule has 0 radical (unpaired) electrons. The zero-order chi connectivity index (χ0) is 17.4. The fourth-order valence-electron chi connectivity index (χ4n) is 2.38. The monoisotopic (exact) mass is 344 g/mol. The van der Waals surface area contributed by atoms with E-state index >= 15 is 0 Å². The van der Waals surface area contributed by atoms with Gasteiger partial charge in [0.15, 0.2) is 5.78 Å². The lowest BCUT2D eigenvalue weighted by molar-refractivity contribution is -0.121. The highest BCUT2D eigenvalue weighted by Gasteiger charge is 2.10. The van der Waals surface area contributed by atoms with Crippen LogP contribution in [0.5, 0.6) is 0 Å². The Labute approximate surface area is 147 Å². The number of nitrogens with one attached hydrogen (secondary N) is 1. The van der Waals surface area contributed by atoms with E-state index in [1.807, 2.05) is 44.3 Å². The van der Waals surface area contributed by atoms with Gasteiger partial charge in [0, 0.05) is 43.5 Å². The number of thiophene rings is 1. The van der Waals surface area contributed by atoms with Gasteiger partial charge in [0.2, 0.25) is 5.91 Å². The van der Waals surface area contributed by atoms with Gasteiger partial charge in [-0.25, -0.2) is 0 Å². The van der Waals surface area contributed by atoms with Gasteiger partial charge >= 0.3 is 0 Å². The summed E-state index contributed by atoms with van der Waals surface area (Å²) in [5.74, 6) is -0.00828. The Bertz CT molecular complexity index is 667. The number of Topliss-reactive ketones (excluding diaryl/α,β-unsaturated/α-hetero) is 1. The number of carbonyl (C=O) groups is 2. The van der Waals surface area contributed by atoms with Gasteiger partial charge in [-0.3, -0.25) is 9.59 Å². The zero-order valence-electron chi connectivity index (χ0n) is 14.2. The van der Waals surface area contributed by atoms with Gasteiger partial charge in [-0.05, 0) is 37.6 Å².